The molecule has 2 aromatic rings. The Balaban J connectivity index is 2.03. The van der Waals surface area contributed by atoms with Gasteiger partial charge in [-0.1, -0.05) is 12.8 Å². The van der Waals surface area contributed by atoms with E-state index in [1.54, 1.807) is 17.4 Å². The maximum Gasteiger partial charge on any atom is 0.251 e. The minimum Gasteiger partial charge on any atom is -0.306 e. The molecule has 0 unspecified atom stereocenters. The highest BCUT2D eigenvalue weighted by molar-refractivity contribution is 7.08. The molecule has 0 atom stereocenters. The molecule has 0 aliphatic heterocycles. The summed E-state index contributed by atoms with van der Waals surface area (Å²) >= 11 is 1.62. The second-order valence-corrected chi connectivity index (χ2v) is 5.29. The normalized spacial score (nSPS) is 16.5. The summed E-state index contributed by atoms with van der Waals surface area (Å²) < 4.78 is 0. The van der Waals surface area contributed by atoms with Gasteiger partial charge < -0.3 is 4.98 Å². The first kappa shape index (κ1) is 10.7. The average Bonchev–Trinajstić information content (AvgIpc) is 3.02. The summed E-state index contributed by atoms with van der Waals surface area (Å²) in [6.45, 7) is 0. The van der Waals surface area contributed by atoms with Gasteiger partial charge in [-0.15, -0.1) is 0 Å². The van der Waals surface area contributed by atoms with Gasteiger partial charge in [-0.25, -0.2) is 4.98 Å². The van der Waals surface area contributed by atoms with E-state index in [4.69, 9.17) is 0 Å². The molecule has 88 valence electrons. The Labute approximate surface area is 104 Å². The van der Waals surface area contributed by atoms with Gasteiger partial charge in [0, 0.05) is 22.9 Å². The second-order valence-electron chi connectivity index (χ2n) is 4.51. The Morgan fingerprint density at radius 1 is 1.35 bits per heavy atom. The van der Waals surface area contributed by atoms with Gasteiger partial charge in [0.15, 0.2) is 0 Å². The zero-order valence-electron chi connectivity index (χ0n) is 9.48. The molecule has 1 aliphatic rings. The number of thiophene rings is 1. The van der Waals surface area contributed by atoms with Crippen molar-refractivity contribution >= 4 is 11.3 Å². The molecule has 0 bridgehead atoms. The van der Waals surface area contributed by atoms with Crippen molar-refractivity contribution in [1.29, 1.82) is 0 Å². The number of hydrogen-bond acceptors (Lipinski definition) is 3. The van der Waals surface area contributed by atoms with Gasteiger partial charge in [0.2, 0.25) is 0 Å². The van der Waals surface area contributed by atoms with E-state index >= 15 is 0 Å². The lowest BCUT2D eigenvalue weighted by atomic mass is 10.0. The van der Waals surface area contributed by atoms with Crippen molar-refractivity contribution < 1.29 is 0 Å². The van der Waals surface area contributed by atoms with Gasteiger partial charge in [0.05, 0.1) is 5.69 Å². The first-order valence-electron chi connectivity index (χ1n) is 5.97. The molecular weight excluding hydrogens is 232 g/mol. The molecule has 0 spiro atoms. The molecule has 1 fully saturated rings. The fraction of sp³-hybridized carbons (Fsp3) is 0.385. The van der Waals surface area contributed by atoms with Crippen LogP contribution in [-0.2, 0) is 0 Å². The molecule has 3 nitrogen and oxygen atoms in total. The van der Waals surface area contributed by atoms with Crippen LogP contribution in [0, 0.1) is 0 Å². The molecule has 0 amide bonds. The van der Waals surface area contributed by atoms with Gasteiger partial charge in [-0.3, -0.25) is 4.79 Å². The SMILES string of the molecule is O=c1cc(C2CCCC2)nc(-c2ccsc2)[nH]1. The predicted molar refractivity (Wildman–Crippen MR) is 69.4 cm³/mol. The van der Waals surface area contributed by atoms with Gasteiger partial charge >= 0.3 is 0 Å². The van der Waals surface area contributed by atoms with Crippen LogP contribution >= 0.6 is 11.3 Å². The van der Waals surface area contributed by atoms with Crippen molar-refractivity contribution in [2.45, 2.75) is 31.6 Å². The molecule has 1 aliphatic carbocycles. The number of aromatic amines is 1. The summed E-state index contributed by atoms with van der Waals surface area (Å²) in [5, 5.41) is 4.01. The number of rotatable bonds is 2. The van der Waals surface area contributed by atoms with Gasteiger partial charge in [0.25, 0.3) is 5.56 Å². The number of nitrogens with zero attached hydrogens (tertiary/aromatic N) is 1. The Morgan fingerprint density at radius 2 is 2.18 bits per heavy atom. The molecule has 1 saturated carbocycles. The van der Waals surface area contributed by atoms with Crippen molar-refractivity contribution in [2.75, 3.05) is 0 Å². The Bertz CT molecular complexity index is 553. The lowest BCUT2D eigenvalue weighted by molar-refractivity contribution is 0.693. The lowest BCUT2D eigenvalue weighted by Crippen LogP contribution is -2.11. The van der Waals surface area contributed by atoms with Crippen LogP contribution in [0.15, 0.2) is 27.7 Å². The van der Waals surface area contributed by atoms with E-state index in [1.165, 1.54) is 25.7 Å². The maximum absolute atomic E-state index is 11.7. The highest BCUT2D eigenvalue weighted by Gasteiger charge is 2.19. The second kappa shape index (κ2) is 4.45. The quantitative estimate of drug-likeness (QED) is 0.884. The summed E-state index contributed by atoms with van der Waals surface area (Å²) in [4.78, 5) is 19.1. The van der Waals surface area contributed by atoms with E-state index in [2.05, 4.69) is 9.97 Å². The van der Waals surface area contributed by atoms with Crippen molar-refractivity contribution in [3.05, 3.63) is 38.9 Å². The number of nitrogens with one attached hydrogen (secondary N) is 1. The predicted octanol–water partition coefficient (Wildman–Crippen LogP) is 3.16. The third-order valence-electron chi connectivity index (χ3n) is 3.33. The van der Waals surface area contributed by atoms with Crippen LogP contribution in [0.3, 0.4) is 0 Å². The zero-order chi connectivity index (χ0) is 11.7. The number of hydrogen-bond donors (Lipinski definition) is 1. The number of H-pyrrole nitrogens is 1. The summed E-state index contributed by atoms with van der Waals surface area (Å²) in [6, 6.07) is 3.65. The Kier molecular flexibility index (Phi) is 2.81. The molecule has 2 aromatic heterocycles. The highest BCUT2D eigenvalue weighted by Crippen LogP contribution is 2.33. The van der Waals surface area contributed by atoms with Crippen LogP contribution < -0.4 is 5.56 Å². The first-order valence-corrected chi connectivity index (χ1v) is 6.91. The largest absolute Gasteiger partial charge is 0.306 e. The number of aromatic nitrogens is 2. The molecule has 2 heterocycles. The molecule has 0 aromatic carbocycles. The fourth-order valence-electron chi connectivity index (χ4n) is 2.44. The molecule has 17 heavy (non-hydrogen) atoms. The fourth-order valence-corrected chi connectivity index (χ4v) is 3.08. The topological polar surface area (TPSA) is 45.8 Å². The standard InChI is InChI=1S/C13H14N2OS/c16-12-7-11(9-3-1-2-4-9)14-13(15-12)10-5-6-17-8-10/h5-9H,1-4H2,(H,14,15,16). The van der Waals surface area contributed by atoms with Crippen molar-refractivity contribution in [3.8, 4) is 11.4 Å². The van der Waals surface area contributed by atoms with E-state index in [0.29, 0.717) is 11.7 Å². The van der Waals surface area contributed by atoms with Crippen LogP contribution in [0.1, 0.15) is 37.3 Å². The first-order chi connectivity index (χ1) is 8.33. The lowest BCUT2D eigenvalue weighted by Gasteiger charge is -2.08. The summed E-state index contributed by atoms with van der Waals surface area (Å²) in [6.07, 6.45) is 4.85. The summed E-state index contributed by atoms with van der Waals surface area (Å²) in [5.74, 6) is 1.19. The Morgan fingerprint density at radius 3 is 2.88 bits per heavy atom. The molecule has 4 heteroatoms. The monoisotopic (exact) mass is 246 g/mol. The minimum atomic E-state index is -0.0388. The van der Waals surface area contributed by atoms with E-state index in [0.717, 1.165) is 11.3 Å². The molecule has 0 saturated heterocycles. The molecular formula is C13H14N2OS. The van der Waals surface area contributed by atoms with Crippen LogP contribution in [0.2, 0.25) is 0 Å². The van der Waals surface area contributed by atoms with Crippen molar-refractivity contribution in [1.82, 2.24) is 9.97 Å². The average molecular weight is 246 g/mol. The van der Waals surface area contributed by atoms with Crippen molar-refractivity contribution in [2.24, 2.45) is 0 Å². The third-order valence-corrected chi connectivity index (χ3v) is 4.01. The van der Waals surface area contributed by atoms with Crippen molar-refractivity contribution in [3.63, 3.8) is 0 Å². The minimum absolute atomic E-state index is 0.0388. The van der Waals surface area contributed by atoms with Gasteiger partial charge in [0.1, 0.15) is 5.82 Å². The van der Waals surface area contributed by atoms with E-state index in [-0.39, 0.29) is 5.56 Å². The van der Waals surface area contributed by atoms with E-state index in [1.807, 2.05) is 16.8 Å². The van der Waals surface area contributed by atoms with Crippen LogP contribution in [0.25, 0.3) is 11.4 Å². The van der Waals surface area contributed by atoms with Crippen LogP contribution in [0.5, 0.6) is 0 Å². The third kappa shape index (κ3) is 2.17. The zero-order valence-corrected chi connectivity index (χ0v) is 10.3. The van der Waals surface area contributed by atoms with Crippen LogP contribution in [0.4, 0.5) is 0 Å². The van der Waals surface area contributed by atoms with Gasteiger partial charge in [-0.2, -0.15) is 11.3 Å². The van der Waals surface area contributed by atoms with Crippen LogP contribution in [-0.4, -0.2) is 9.97 Å². The molecule has 3 rings (SSSR count). The van der Waals surface area contributed by atoms with E-state index in [9.17, 15) is 4.79 Å². The highest BCUT2D eigenvalue weighted by atomic mass is 32.1. The maximum atomic E-state index is 11.7. The molecule has 1 N–H and O–H groups in total. The smallest absolute Gasteiger partial charge is 0.251 e. The van der Waals surface area contributed by atoms with Gasteiger partial charge in [-0.05, 0) is 24.3 Å². The summed E-state index contributed by atoms with van der Waals surface area (Å²) in [5.41, 5.74) is 1.93. The molecule has 0 radical (unpaired) electrons. The Hall–Kier alpha value is -1.42. The summed E-state index contributed by atoms with van der Waals surface area (Å²) in [7, 11) is 0. The van der Waals surface area contributed by atoms with E-state index < -0.39 is 0 Å².